The largest absolute Gasteiger partial charge is 0.235 e. The molecule has 5 heteroatoms. The Hall–Kier alpha value is 0.530. The molecule has 0 aromatic rings. The highest BCUT2D eigenvalue weighted by molar-refractivity contribution is 8.14. The molecule has 0 spiro atoms. The lowest BCUT2D eigenvalue weighted by atomic mass is 10.1. The van der Waals surface area contributed by atoms with Crippen molar-refractivity contribution in [3.63, 3.8) is 0 Å². The molecule has 0 heterocycles. The molecule has 0 aliphatic carbocycles. The van der Waals surface area contributed by atoms with Crippen molar-refractivity contribution in [2.24, 2.45) is 0 Å². The molecule has 0 aromatic heterocycles. The van der Waals surface area contributed by atoms with Crippen molar-refractivity contribution in [3.05, 3.63) is 0 Å². The van der Waals surface area contributed by atoms with Gasteiger partial charge < -0.3 is 0 Å². The van der Waals surface area contributed by atoms with Crippen molar-refractivity contribution >= 4 is 31.3 Å². The Morgan fingerprint density at radius 1 is 1.38 bits per heavy atom. The second kappa shape index (κ2) is 6.10. The molecule has 0 N–H and O–H groups in total. The minimum Gasteiger partial charge on any atom is -0.212 e. The van der Waals surface area contributed by atoms with E-state index in [0.29, 0.717) is 6.42 Å². The van der Waals surface area contributed by atoms with E-state index in [0.717, 1.165) is 19.3 Å². The van der Waals surface area contributed by atoms with E-state index in [1.807, 2.05) is 0 Å². The maximum atomic E-state index is 10.8. The van der Waals surface area contributed by atoms with Crippen molar-refractivity contribution in [2.75, 3.05) is 0 Å². The van der Waals surface area contributed by atoms with Crippen LogP contribution in [0.3, 0.4) is 0 Å². The minimum atomic E-state index is -3.44. The van der Waals surface area contributed by atoms with E-state index in [9.17, 15) is 8.42 Å². The van der Waals surface area contributed by atoms with Gasteiger partial charge in [-0.25, -0.2) is 8.42 Å². The molecule has 0 saturated carbocycles. The molecule has 2 nitrogen and oxygen atoms in total. The number of hydrogen-bond donors (Lipinski definition) is 0. The average Bonchev–Trinajstić information content (AvgIpc) is 1.99. The first-order chi connectivity index (χ1) is 5.88. The first kappa shape index (κ1) is 13.5. The zero-order chi connectivity index (χ0) is 10.5. The van der Waals surface area contributed by atoms with Crippen LogP contribution in [0.1, 0.15) is 39.5 Å². The summed E-state index contributed by atoms with van der Waals surface area (Å²) in [6, 6.07) is 0. The molecule has 13 heavy (non-hydrogen) atoms. The molecule has 2 atom stereocenters. The van der Waals surface area contributed by atoms with Crippen LogP contribution in [0.4, 0.5) is 0 Å². The zero-order valence-electron chi connectivity index (χ0n) is 7.96. The van der Waals surface area contributed by atoms with E-state index < -0.39 is 14.3 Å². The van der Waals surface area contributed by atoms with Gasteiger partial charge in [-0.3, -0.25) is 0 Å². The van der Waals surface area contributed by atoms with Gasteiger partial charge in [0.25, 0.3) is 0 Å². The van der Waals surface area contributed by atoms with Gasteiger partial charge in [0.2, 0.25) is 9.05 Å². The molecule has 80 valence electrons. The summed E-state index contributed by atoms with van der Waals surface area (Å²) in [4.78, 5) is 0. The molecule has 0 aliphatic rings. The van der Waals surface area contributed by atoms with Gasteiger partial charge in [0.15, 0.2) is 0 Å². The van der Waals surface area contributed by atoms with Gasteiger partial charge in [-0.05, 0) is 19.8 Å². The fraction of sp³-hybridized carbons (Fsp3) is 1.00. The van der Waals surface area contributed by atoms with Crippen molar-refractivity contribution < 1.29 is 8.42 Å². The second-order valence-electron chi connectivity index (χ2n) is 3.26. The number of rotatable bonds is 6. The van der Waals surface area contributed by atoms with E-state index >= 15 is 0 Å². The molecule has 0 bridgehead atoms. The van der Waals surface area contributed by atoms with Gasteiger partial charge in [-0.2, -0.15) is 0 Å². The Morgan fingerprint density at radius 2 is 1.92 bits per heavy atom. The Bertz CT molecular complexity index is 226. The second-order valence-corrected chi connectivity index (χ2v) is 6.92. The van der Waals surface area contributed by atoms with Crippen LogP contribution >= 0.6 is 22.3 Å². The fourth-order valence-electron chi connectivity index (χ4n) is 1.02. The van der Waals surface area contributed by atoms with Crippen LogP contribution in [-0.2, 0) is 9.05 Å². The van der Waals surface area contributed by atoms with Crippen LogP contribution in [0.2, 0.25) is 0 Å². The number of alkyl halides is 1. The molecule has 0 saturated heterocycles. The van der Waals surface area contributed by atoms with Gasteiger partial charge >= 0.3 is 0 Å². The summed E-state index contributed by atoms with van der Waals surface area (Å²) >= 11 is 5.94. The summed E-state index contributed by atoms with van der Waals surface area (Å²) in [6.07, 6.45) is 3.40. The van der Waals surface area contributed by atoms with E-state index in [4.69, 9.17) is 22.3 Å². The highest BCUT2D eigenvalue weighted by Gasteiger charge is 2.20. The number of hydrogen-bond acceptors (Lipinski definition) is 2. The summed E-state index contributed by atoms with van der Waals surface area (Å²) in [5.41, 5.74) is 0. The maximum Gasteiger partial charge on any atom is 0.235 e. The Kier molecular flexibility index (Phi) is 6.34. The van der Waals surface area contributed by atoms with E-state index in [2.05, 4.69) is 6.92 Å². The minimum absolute atomic E-state index is 0.0801. The Balaban J connectivity index is 3.85. The number of unbranched alkanes of at least 4 members (excludes halogenated alkanes) is 1. The normalized spacial score (nSPS) is 16.9. The van der Waals surface area contributed by atoms with E-state index in [1.165, 1.54) is 0 Å². The maximum absolute atomic E-state index is 10.8. The average molecular weight is 247 g/mol. The van der Waals surface area contributed by atoms with Gasteiger partial charge in [-0.15, -0.1) is 11.6 Å². The SMILES string of the molecule is CCCCC(Cl)CC(C)S(=O)(=O)Cl. The van der Waals surface area contributed by atoms with Gasteiger partial charge in [0.1, 0.15) is 0 Å². The third kappa shape index (κ3) is 6.58. The molecule has 0 aliphatic heterocycles. The highest BCUT2D eigenvalue weighted by atomic mass is 35.7. The lowest BCUT2D eigenvalue weighted by Crippen LogP contribution is -2.17. The lowest BCUT2D eigenvalue weighted by Gasteiger charge is -2.12. The lowest BCUT2D eigenvalue weighted by molar-refractivity contribution is 0.578. The summed E-state index contributed by atoms with van der Waals surface area (Å²) < 4.78 is 21.7. The fourth-order valence-corrected chi connectivity index (χ4v) is 2.23. The van der Waals surface area contributed by atoms with Crippen molar-refractivity contribution in [1.29, 1.82) is 0 Å². The molecular formula is C8H16Cl2O2S. The van der Waals surface area contributed by atoms with Crippen LogP contribution in [0.15, 0.2) is 0 Å². The quantitative estimate of drug-likeness (QED) is 0.533. The first-order valence-corrected chi connectivity index (χ1v) is 7.26. The summed E-state index contributed by atoms with van der Waals surface area (Å²) in [7, 11) is 1.74. The van der Waals surface area contributed by atoms with Crippen molar-refractivity contribution in [3.8, 4) is 0 Å². The summed E-state index contributed by atoms with van der Waals surface area (Å²) in [5, 5.41) is -0.628. The van der Waals surface area contributed by atoms with Crippen LogP contribution in [0, 0.1) is 0 Å². The predicted molar refractivity (Wildman–Crippen MR) is 58.0 cm³/mol. The molecule has 2 unspecified atom stereocenters. The molecule has 0 amide bonds. The zero-order valence-corrected chi connectivity index (χ0v) is 10.3. The van der Waals surface area contributed by atoms with Crippen molar-refractivity contribution in [1.82, 2.24) is 0 Å². The van der Waals surface area contributed by atoms with Crippen molar-refractivity contribution in [2.45, 2.75) is 50.2 Å². The molecule has 0 rings (SSSR count). The van der Waals surface area contributed by atoms with Gasteiger partial charge in [-0.1, -0.05) is 19.8 Å². The Labute approximate surface area is 90.0 Å². The van der Waals surface area contributed by atoms with Gasteiger partial charge in [0.05, 0.1) is 5.25 Å². The standard InChI is InChI=1S/C8H16Cl2O2S/c1-3-4-5-8(9)6-7(2)13(10,11)12/h7-8H,3-6H2,1-2H3. The highest BCUT2D eigenvalue weighted by Crippen LogP contribution is 2.19. The Morgan fingerprint density at radius 3 is 2.31 bits per heavy atom. The van der Waals surface area contributed by atoms with Crippen LogP contribution in [0.5, 0.6) is 0 Å². The topological polar surface area (TPSA) is 34.1 Å². The molecule has 0 radical (unpaired) electrons. The third-order valence-corrected chi connectivity index (χ3v) is 4.40. The van der Waals surface area contributed by atoms with Crippen LogP contribution < -0.4 is 0 Å². The smallest absolute Gasteiger partial charge is 0.212 e. The van der Waals surface area contributed by atoms with Gasteiger partial charge in [0, 0.05) is 16.1 Å². The summed E-state index contributed by atoms with van der Waals surface area (Å²) in [5.74, 6) is 0. The number of halogens is 2. The van der Waals surface area contributed by atoms with E-state index in [-0.39, 0.29) is 5.38 Å². The molecular weight excluding hydrogens is 231 g/mol. The third-order valence-electron chi connectivity index (χ3n) is 1.94. The van der Waals surface area contributed by atoms with Crippen LogP contribution in [-0.4, -0.2) is 19.0 Å². The predicted octanol–water partition coefficient (Wildman–Crippen LogP) is 3.13. The first-order valence-electron chi connectivity index (χ1n) is 4.45. The summed E-state index contributed by atoms with van der Waals surface area (Å²) in [6.45, 7) is 3.66. The molecule has 0 aromatic carbocycles. The molecule has 0 fully saturated rings. The monoisotopic (exact) mass is 246 g/mol. The van der Waals surface area contributed by atoms with E-state index in [1.54, 1.807) is 6.92 Å². The van der Waals surface area contributed by atoms with Crippen LogP contribution in [0.25, 0.3) is 0 Å².